The third-order valence-corrected chi connectivity index (χ3v) is 3.03. The van der Waals surface area contributed by atoms with Gasteiger partial charge >= 0.3 is 5.69 Å². The van der Waals surface area contributed by atoms with Crippen LogP contribution in [0.5, 0.6) is 5.75 Å². The van der Waals surface area contributed by atoms with Crippen LogP contribution in [0, 0.1) is 16.0 Å². The molecule has 0 saturated carbocycles. The van der Waals surface area contributed by atoms with E-state index in [0.717, 1.165) is 12.5 Å². The monoisotopic (exact) mass is 266 g/mol. The highest BCUT2D eigenvalue weighted by Gasteiger charge is 2.22. The molecule has 0 radical (unpaired) electrons. The molecular weight excluding hydrogens is 252 g/mol. The van der Waals surface area contributed by atoms with Gasteiger partial charge in [0.1, 0.15) is 0 Å². The number of carbonyl (C=O) groups excluding carboxylic acids is 1. The lowest BCUT2D eigenvalue weighted by Gasteiger charge is -2.10. The summed E-state index contributed by atoms with van der Waals surface area (Å²) in [5, 5.41) is 23.0. The number of para-hydroxylation sites is 1. The molecule has 19 heavy (non-hydrogen) atoms. The van der Waals surface area contributed by atoms with Crippen molar-refractivity contribution in [3.8, 4) is 5.75 Å². The number of nitro groups is 1. The molecule has 0 bridgehead atoms. The molecule has 0 aromatic heterocycles. The van der Waals surface area contributed by atoms with Crippen molar-refractivity contribution in [2.45, 2.75) is 6.42 Å². The quantitative estimate of drug-likeness (QED) is 0.627. The number of nitrogens with zero attached hydrogens (tertiary/aromatic N) is 1. The lowest BCUT2D eigenvalue weighted by molar-refractivity contribution is -0.385. The van der Waals surface area contributed by atoms with Gasteiger partial charge in [-0.3, -0.25) is 14.9 Å². The van der Waals surface area contributed by atoms with E-state index >= 15 is 0 Å². The molecule has 0 spiro atoms. The van der Waals surface area contributed by atoms with E-state index in [1.165, 1.54) is 12.1 Å². The van der Waals surface area contributed by atoms with Gasteiger partial charge in [0.15, 0.2) is 0 Å². The lowest BCUT2D eigenvalue weighted by atomic mass is 10.1. The molecule has 1 atom stereocenters. The van der Waals surface area contributed by atoms with E-state index in [2.05, 4.69) is 5.32 Å². The van der Waals surface area contributed by atoms with Gasteiger partial charge in [-0.25, -0.2) is 0 Å². The van der Waals surface area contributed by atoms with Crippen molar-refractivity contribution < 1.29 is 19.6 Å². The van der Waals surface area contributed by atoms with E-state index in [0.29, 0.717) is 19.8 Å². The number of amides is 1. The van der Waals surface area contributed by atoms with Crippen molar-refractivity contribution in [3.05, 3.63) is 33.9 Å². The van der Waals surface area contributed by atoms with Gasteiger partial charge in [0.25, 0.3) is 5.91 Å². The fourth-order valence-electron chi connectivity index (χ4n) is 1.94. The third-order valence-electron chi connectivity index (χ3n) is 3.03. The fraction of sp³-hybridized carbons (Fsp3) is 0.417. The van der Waals surface area contributed by atoms with Crippen molar-refractivity contribution in [3.63, 3.8) is 0 Å². The van der Waals surface area contributed by atoms with Gasteiger partial charge in [-0.05, 0) is 12.5 Å². The van der Waals surface area contributed by atoms with Gasteiger partial charge in [-0.2, -0.15) is 0 Å². The zero-order valence-electron chi connectivity index (χ0n) is 10.2. The maximum atomic E-state index is 11.9. The molecule has 1 amide bonds. The molecule has 1 aliphatic heterocycles. The number of hydrogen-bond donors (Lipinski definition) is 2. The maximum Gasteiger partial charge on any atom is 0.311 e. The van der Waals surface area contributed by atoms with Gasteiger partial charge in [-0.15, -0.1) is 0 Å². The molecule has 1 aliphatic rings. The van der Waals surface area contributed by atoms with Crippen LogP contribution in [0.3, 0.4) is 0 Å². The topological polar surface area (TPSA) is 102 Å². The zero-order valence-corrected chi connectivity index (χ0v) is 10.2. The summed E-state index contributed by atoms with van der Waals surface area (Å²) in [6.45, 7) is 1.71. The van der Waals surface area contributed by atoms with E-state index in [4.69, 9.17) is 4.74 Å². The predicted octanol–water partition coefficient (Wildman–Crippen LogP) is 1.07. The highest BCUT2D eigenvalue weighted by atomic mass is 16.6. The predicted molar refractivity (Wildman–Crippen MR) is 66.0 cm³/mol. The zero-order chi connectivity index (χ0) is 13.8. The Morgan fingerprint density at radius 3 is 3.00 bits per heavy atom. The number of carbonyl (C=O) groups is 1. The molecular formula is C12H14N2O5. The van der Waals surface area contributed by atoms with Crippen LogP contribution in [0.4, 0.5) is 5.69 Å². The molecule has 1 aromatic rings. The summed E-state index contributed by atoms with van der Waals surface area (Å²) in [6.07, 6.45) is 0.876. The molecule has 0 aliphatic carbocycles. The highest BCUT2D eigenvalue weighted by molar-refractivity contribution is 5.98. The largest absolute Gasteiger partial charge is 0.502 e. The average molecular weight is 266 g/mol. The van der Waals surface area contributed by atoms with Crippen LogP contribution in [0.25, 0.3) is 0 Å². The Bertz CT molecular complexity index is 497. The molecule has 7 nitrogen and oxygen atoms in total. The van der Waals surface area contributed by atoms with E-state index in [1.807, 2.05) is 0 Å². The number of hydrogen-bond acceptors (Lipinski definition) is 5. The minimum absolute atomic E-state index is 0.0897. The Kier molecular flexibility index (Phi) is 3.96. The number of phenols is 1. The number of nitrogens with one attached hydrogen (secondary N) is 1. The first kappa shape index (κ1) is 13.3. The fourth-order valence-corrected chi connectivity index (χ4v) is 1.94. The van der Waals surface area contributed by atoms with Crippen molar-refractivity contribution in [1.82, 2.24) is 5.32 Å². The second kappa shape index (κ2) is 5.66. The Morgan fingerprint density at radius 1 is 1.58 bits per heavy atom. The number of phenolic OH excluding ortho intramolecular Hbond substituents is 1. The van der Waals surface area contributed by atoms with Crippen molar-refractivity contribution >= 4 is 11.6 Å². The number of benzene rings is 1. The number of nitro benzene ring substituents is 1. The Hall–Kier alpha value is -2.15. The summed E-state index contributed by atoms with van der Waals surface area (Å²) < 4.78 is 5.18. The average Bonchev–Trinajstić information content (AvgIpc) is 2.89. The van der Waals surface area contributed by atoms with Crippen molar-refractivity contribution in [1.29, 1.82) is 0 Å². The Labute approximate surface area is 109 Å². The van der Waals surface area contributed by atoms with Gasteiger partial charge in [0.2, 0.25) is 5.75 Å². The number of ether oxygens (including phenoxy) is 1. The first-order valence-electron chi connectivity index (χ1n) is 5.92. The second-order valence-electron chi connectivity index (χ2n) is 4.37. The van der Waals surface area contributed by atoms with E-state index < -0.39 is 22.3 Å². The molecule has 7 heteroatoms. The summed E-state index contributed by atoms with van der Waals surface area (Å²) in [6, 6.07) is 3.87. The third kappa shape index (κ3) is 3.00. The van der Waals surface area contributed by atoms with Crippen LogP contribution < -0.4 is 5.32 Å². The normalized spacial score (nSPS) is 18.2. The smallest absolute Gasteiger partial charge is 0.311 e. The standard InChI is InChI=1S/C12H14N2O5/c15-11-9(2-1-3-10(11)14(17)18)12(16)13-6-8-4-5-19-7-8/h1-3,8,15H,4-7H2,(H,13,16)/t8-/m0/s1. The Balaban J connectivity index is 2.06. The van der Waals surface area contributed by atoms with Crippen molar-refractivity contribution in [2.75, 3.05) is 19.8 Å². The molecule has 0 unspecified atom stereocenters. The summed E-state index contributed by atoms with van der Waals surface area (Å²) in [5.74, 6) is -0.870. The second-order valence-corrected chi connectivity index (χ2v) is 4.37. The molecule has 1 heterocycles. The molecule has 102 valence electrons. The SMILES string of the molecule is O=C(NC[C@@H]1CCOC1)c1cccc([N+](=O)[O-])c1O. The molecule has 1 fully saturated rings. The summed E-state index contributed by atoms with van der Waals surface area (Å²) in [5.41, 5.74) is -0.565. The minimum Gasteiger partial charge on any atom is -0.502 e. The van der Waals surface area contributed by atoms with Gasteiger partial charge in [-0.1, -0.05) is 6.07 Å². The van der Waals surface area contributed by atoms with Crippen LogP contribution in [0.1, 0.15) is 16.8 Å². The molecule has 2 rings (SSSR count). The van der Waals surface area contributed by atoms with Crippen LogP contribution in [-0.4, -0.2) is 35.7 Å². The first-order chi connectivity index (χ1) is 9.09. The van der Waals surface area contributed by atoms with Crippen LogP contribution in [0.2, 0.25) is 0 Å². The van der Waals surface area contributed by atoms with E-state index in [9.17, 15) is 20.0 Å². The molecule has 1 saturated heterocycles. The van der Waals surface area contributed by atoms with Crippen LogP contribution in [-0.2, 0) is 4.74 Å². The van der Waals surface area contributed by atoms with Crippen molar-refractivity contribution in [2.24, 2.45) is 5.92 Å². The number of aromatic hydroxyl groups is 1. The first-order valence-corrected chi connectivity index (χ1v) is 5.92. The highest BCUT2D eigenvalue weighted by Crippen LogP contribution is 2.29. The molecule has 1 aromatic carbocycles. The molecule has 2 N–H and O–H groups in total. The summed E-state index contributed by atoms with van der Waals surface area (Å²) in [7, 11) is 0. The number of rotatable bonds is 4. The van der Waals surface area contributed by atoms with E-state index in [1.54, 1.807) is 0 Å². The lowest BCUT2D eigenvalue weighted by Crippen LogP contribution is -2.29. The van der Waals surface area contributed by atoms with Gasteiger partial charge in [0, 0.05) is 25.1 Å². The summed E-state index contributed by atoms with van der Waals surface area (Å²) in [4.78, 5) is 21.8. The van der Waals surface area contributed by atoms with Crippen LogP contribution >= 0.6 is 0 Å². The van der Waals surface area contributed by atoms with Gasteiger partial charge < -0.3 is 15.2 Å². The van der Waals surface area contributed by atoms with Gasteiger partial charge in [0.05, 0.1) is 17.1 Å². The summed E-state index contributed by atoms with van der Waals surface area (Å²) >= 11 is 0. The van der Waals surface area contributed by atoms with E-state index in [-0.39, 0.29) is 11.5 Å². The maximum absolute atomic E-state index is 11.9. The van der Waals surface area contributed by atoms with Crippen LogP contribution in [0.15, 0.2) is 18.2 Å². The Morgan fingerprint density at radius 2 is 2.37 bits per heavy atom. The minimum atomic E-state index is -0.725.